The fourth-order valence-electron chi connectivity index (χ4n) is 1.45. The van der Waals surface area contributed by atoms with Crippen LogP contribution in [0.3, 0.4) is 0 Å². The van der Waals surface area contributed by atoms with Gasteiger partial charge in [-0.2, -0.15) is 5.10 Å². The lowest BCUT2D eigenvalue weighted by molar-refractivity contribution is 0.259. The van der Waals surface area contributed by atoms with Crippen molar-refractivity contribution < 1.29 is 5.11 Å². The molecule has 1 heterocycles. The van der Waals surface area contributed by atoms with Gasteiger partial charge in [-0.25, -0.2) is 0 Å². The first-order valence-corrected chi connectivity index (χ1v) is 4.88. The van der Waals surface area contributed by atoms with Crippen LogP contribution in [0.1, 0.15) is 38.6 Å². The van der Waals surface area contributed by atoms with Crippen LogP contribution in [0.4, 0.5) is 0 Å². The average molecular weight is 201 g/mol. The van der Waals surface area contributed by atoms with Crippen LogP contribution in [-0.2, 0) is 6.61 Å². The fourth-order valence-corrected chi connectivity index (χ4v) is 1.78. The van der Waals surface area contributed by atoms with E-state index in [1.807, 2.05) is 4.57 Å². The number of aromatic nitrogens is 3. The smallest absolute Gasteiger partial charge is 0.195 e. The van der Waals surface area contributed by atoms with Gasteiger partial charge in [-0.05, 0) is 25.6 Å². The van der Waals surface area contributed by atoms with E-state index in [1.54, 1.807) is 0 Å². The second kappa shape index (κ2) is 4.53. The van der Waals surface area contributed by atoms with E-state index in [1.165, 1.54) is 0 Å². The number of aromatic amines is 1. The van der Waals surface area contributed by atoms with Crippen LogP contribution in [-0.4, -0.2) is 19.9 Å². The van der Waals surface area contributed by atoms with Gasteiger partial charge in [0.15, 0.2) is 10.6 Å². The summed E-state index contributed by atoms with van der Waals surface area (Å²) in [4.78, 5) is 0. The van der Waals surface area contributed by atoms with Gasteiger partial charge in [-0.1, -0.05) is 13.3 Å². The van der Waals surface area contributed by atoms with E-state index >= 15 is 0 Å². The first-order chi connectivity index (χ1) is 6.20. The third-order valence-electron chi connectivity index (χ3n) is 2.07. The van der Waals surface area contributed by atoms with E-state index in [-0.39, 0.29) is 6.61 Å². The lowest BCUT2D eigenvalue weighted by atomic mass is 10.2. The Bertz CT molecular complexity index is 317. The number of rotatable bonds is 4. The van der Waals surface area contributed by atoms with Crippen LogP contribution < -0.4 is 0 Å². The van der Waals surface area contributed by atoms with Crippen molar-refractivity contribution in [2.45, 2.75) is 39.3 Å². The first-order valence-electron chi connectivity index (χ1n) is 4.47. The number of hydrogen-bond donors (Lipinski definition) is 2. The molecule has 0 spiro atoms. The number of aliphatic hydroxyl groups is 1. The lowest BCUT2D eigenvalue weighted by Crippen LogP contribution is -2.09. The van der Waals surface area contributed by atoms with E-state index in [0.29, 0.717) is 16.6 Å². The molecule has 74 valence electrons. The second-order valence-corrected chi connectivity index (χ2v) is 3.50. The Hall–Kier alpha value is -0.680. The Balaban J connectivity index is 2.96. The van der Waals surface area contributed by atoms with Crippen molar-refractivity contribution in [2.24, 2.45) is 0 Å². The molecule has 4 nitrogen and oxygen atoms in total. The molecule has 0 aliphatic heterocycles. The summed E-state index contributed by atoms with van der Waals surface area (Å²) in [7, 11) is 0. The molecule has 1 aromatic rings. The molecule has 0 amide bonds. The van der Waals surface area contributed by atoms with Crippen LogP contribution >= 0.6 is 12.2 Å². The number of H-pyrrole nitrogens is 1. The topological polar surface area (TPSA) is 53.8 Å². The van der Waals surface area contributed by atoms with Gasteiger partial charge in [0.05, 0.1) is 0 Å². The van der Waals surface area contributed by atoms with Gasteiger partial charge in [0, 0.05) is 6.04 Å². The zero-order valence-corrected chi connectivity index (χ0v) is 8.77. The normalized spacial score (nSPS) is 13.2. The number of aliphatic hydroxyl groups excluding tert-OH is 1. The highest BCUT2D eigenvalue weighted by Crippen LogP contribution is 2.14. The van der Waals surface area contributed by atoms with Crippen molar-refractivity contribution in [3.63, 3.8) is 0 Å². The maximum Gasteiger partial charge on any atom is 0.195 e. The second-order valence-electron chi connectivity index (χ2n) is 3.11. The molecule has 1 rings (SSSR count). The van der Waals surface area contributed by atoms with Crippen LogP contribution in [0.15, 0.2) is 0 Å². The Labute approximate surface area is 82.6 Å². The van der Waals surface area contributed by atoms with Crippen molar-refractivity contribution in [1.82, 2.24) is 14.8 Å². The van der Waals surface area contributed by atoms with E-state index < -0.39 is 0 Å². The summed E-state index contributed by atoms with van der Waals surface area (Å²) < 4.78 is 2.46. The minimum absolute atomic E-state index is 0.0683. The Kier molecular flexibility index (Phi) is 3.62. The van der Waals surface area contributed by atoms with Crippen molar-refractivity contribution in [2.75, 3.05) is 0 Å². The van der Waals surface area contributed by atoms with Gasteiger partial charge in [-0.15, -0.1) is 0 Å². The molecule has 0 aliphatic carbocycles. The average Bonchev–Trinajstić information content (AvgIpc) is 2.47. The van der Waals surface area contributed by atoms with Crippen LogP contribution in [0.25, 0.3) is 0 Å². The highest BCUT2D eigenvalue weighted by molar-refractivity contribution is 7.71. The summed E-state index contributed by atoms with van der Waals surface area (Å²) >= 11 is 5.06. The van der Waals surface area contributed by atoms with Crippen molar-refractivity contribution in [3.8, 4) is 0 Å². The van der Waals surface area contributed by atoms with E-state index in [9.17, 15) is 0 Å². The molecule has 1 unspecified atom stereocenters. The number of nitrogens with one attached hydrogen (secondary N) is 1. The molecule has 0 saturated heterocycles. The number of nitrogens with zero attached hydrogens (tertiary/aromatic N) is 2. The first kappa shape index (κ1) is 10.4. The largest absolute Gasteiger partial charge is 0.388 e. The molecular weight excluding hydrogens is 186 g/mol. The van der Waals surface area contributed by atoms with E-state index in [0.717, 1.165) is 12.8 Å². The highest BCUT2D eigenvalue weighted by atomic mass is 32.1. The molecule has 13 heavy (non-hydrogen) atoms. The van der Waals surface area contributed by atoms with Crippen LogP contribution in [0.2, 0.25) is 0 Å². The van der Waals surface area contributed by atoms with Crippen molar-refractivity contribution in [3.05, 3.63) is 10.6 Å². The molecule has 2 N–H and O–H groups in total. The molecule has 0 aliphatic rings. The highest BCUT2D eigenvalue weighted by Gasteiger charge is 2.10. The number of hydrogen-bond acceptors (Lipinski definition) is 3. The van der Waals surface area contributed by atoms with E-state index in [4.69, 9.17) is 17.3 Å². The van der Waals surface area contributed by atoms with Gasteiger partial charge in [0.1, 0.15) is 6.61 Å². The molecule has 0 bridgehead atoms. The summed E-state index contributed by atoms with van der Waals surface area (Å²) in [6.07, 6.45) is 2.14. The third-order valence-corrected chi connectivity index (χ3v) is 2.35. The van der Waals surface area contributed by atoms with Crippen molar-refractivity contribution >= 4 is 12.2 Å². The van der Waals surface area contributed by atoms with E-state index in [2.05, 4.69) is 24.0 Å². The molecule has 1 aromatic heterocycles. The molecule has 0 saturated carbocycles. The summed E-state index contributed by atoms with van der Waals surface area (Å²) in [5.74, 6) is 0.617. The summed E-state index contributed by atoms with van der Waals surface area (Å²) in [6, 6.07) is 0.304. The third kappa shape index (κ3) is 2.16. The van der Waals surface area contributed by atoms with Gasteiger partial charge < -0.3 is 5.11 Å². The SMILES string of the molecule is CCCC(C)n1c(CO)n[nH]c1=S. The molecule has 0 fully saturated rings. The minimum atomic E-state index is -0.0683. The summed E-state index contributed by atoms with van der Waals surface area (Å²) in [6.45, 7) is 4.13. The van der Waals surface area contributed by atoms with Gasteiger partial charge in [0.2, 0.25) is 0 Å². The predicted octanol–water partition coefficient (Wildman–Crippen LogP) is 1.79. The Morgan fingerprint density at radius 3 is 2.92 bits per heavy atom. The van der Waals surface area contributed by atoms with Gasteiger partial charge in [0.25, 0.3) is 0 Å². The molecule has 0 radical (unpaired) electrons. The fraction of sp³-hybridized carbons (Fsp3) is 0.750. The Morgan fingerprint density at radius 2 is 2.38 bits per heavy atom. The molecular formula is C8H15N3OS. The molecule has 1 atom stereocenters. The zero-order chi connectivity index (χ0) is 9.84. The summed E-state index contributed by atoms with van der Waals surface area (Å²) in [5, 5.41) is 15.6. The van der Waals surface area contributed by atoms with Gasteiger partial charge >= 0.3 is 0 Å². The lowest BCUT2D eigenvalue weighted by Gasteiger charge is -2.13. The maximum atomic E-state index is 9.00. The van der Waals surface area contributed by atoms with Crippen LogP contribution in [0, 0.1) is 4.77 Å². The minimum Gasteiger partial charge on any atom is -0.388 e. The van der Waals surface area contributed by atoms with Crippen molar-refractivity contribution in [1.29, 1.82) is 0 Å². The molecule has 5 heteroatoms. The monoisotopic (exact) mass is 201 g/mol. The zero-order valence-electron chi connectivity index (χ0n) is 7.95. The maximum absolute atomic E-state index is 9.00. The summed E-state index contributed by atoms with van der Waals surface area (Å²) in [5.41, 5.74) is 0. The standard InChI is InChI=1S/C8H15N3OS/c1-3-4-6(2)11-7(5-12)9-10-8(11)13/h6,12H,3-5H2,1-2H3,(H,10,13). The molecule has 0 aromatic carbocycles. The Morgan fingerprint density at radius 1 is 1.69 bits per heavy atom. The predicted molar refractivity (Wildman–Crippen MR) is 53.0 cm³/mol. The quantitative estimate of drug-likeness (QED) is 0.730. The van der Waals surface area contributed by atoms with Gasteiger partial charge in [-0.3, -0.25) is 9.67 Å². The van der Waals surface area contributed by atoms with Crippen LogP contribution in [0.5, 0.6) is 0 Å².